The van der Waals surface area contributed by atoms with Crippen molar-refractivity contribution < 1.29 is 4.92 Å². The van der Waals surface area contributed by atoms with Crippen LogP contribution < -0.4 is 5.43 Å². The molecule has 2 aromatic heterocycles. The molecule has 0 bridgehead atoms. The second-order valence-electron chi connectivity index (χ2n) is 3.96. The maximum Gasteiger partial charge on any atom is 0.313 e. The van der Waals surface area contributed by atoms with Crippen LogP contribution in [0.5, 0.6) is 0 Å². The summed E-state index contributed by atoms with van der Waals surface area (Å²) in [6, 6.07) is 6.75. The van der Waals surface area contributed by atoms with Gasteiger partial charge in [-0.15, -0.1) is 0 Å². The summed E-state index contributed by atoms with van der Waals surface area (Å²) in [6.07, 6.45) is 3.06. The minimum atomic E-state index is -0.502. The zero-order valence-electron chi connectivity index (χ0n) is 10.6. The Morgan fingerprint density at radius 1 is 1.47 bits per heavy atom. The van der Waals surface area contributed by atoms with E-state index >= 15 is 0 Å². The van der Waals surface area contributed by atoms with Crippen LogP contribution in [0.2, 0.25) is 0 Å². The first-order valence-electron chi connectivity index (χ1n) is 5.60. The summed E-state index contributed by atoms with van der Waals surface area (Å²) in [7, 11) is 1.92. The second-order valence-corrected chi connectivity index (χ2v) is 3.96. The minimum Gasteiger partial charge on any atom is -0.347 e. The van der Waals surface area contributed by atoms with Crippen molar-refractivity contribution in [3.05, 3.63) is 52.0 Å². The fourth-order valence-electron chi connectivity index (χ4n) is 1.55. The topological polar surface area (TPSA) is 85.3 Å². The van der Waals surface area contributed by atoms with Crippen molar-refractivity contribution in [2.75, 3.05) is 5.43 Å². The third-order valence-electron chi connectivity index (χ3n) is 2.76. The molecule has 19 heavy (non-hydrogen) atoms. The van der Waals surface area contributed by atoms with Crippen molar-refractivity contribution >= 4 is 17.7 Å². The molecule has 0 aliphatic carbocycles. The summed E-state index contributed by atoms with van der Waals surface area (Å²) < 4.78 is 1.96. The summed E-state index contributed by atoms with van der Waals surface area (Å²) in [6.45, 7) is 1.98. The lowest BCUT2D eigenvalue weighted by atomic mass is 10.4. The number of aryl methyl sites for hydroxylation is 1. The van der Waals surface area contributed by atoms with Crippen molar-refractivity contribution in [1.82, 2.24) is 9.55 Å². The lowest BCUT2D eigenvalue weighted by molar-refractivity contribution is -0.384. The Balaban J connectivity index is 2.15. The van der Waals surface area contributed by atoms with E-state index in [1.165, 1.54) is 18.3 Å². The van der Waals surface area contributed by atoms with Gasteiger partial charge in [-0.1, -0.05) is 0 Å². The molecule has 0 unspecified atom stereocenters. The Morgan fingerprint density at radius 2 is 2.26 bits per heavy atom. The fraction of sp³-hybridized carbons (Fsp3) is 0.167. The smallest absolute Gasteiger partial charge is 0.313 e. The number of nitrogens with zero attached hydrogens (tertiary/aromatic N) is 4. The van der Waals surface area contributed by atoms with E-state index in [1.807, 2.05) is 30.7 Å². The average molecular weight is 259 g/mol. The Kier molecular flexibility index (Phi) is 3.56. The fourth-order valence-corrected chi connectivity index (χ4v) is 1.55. The molecule has 2 aromatic rings. The van der Waals surface area contributed by atoms with Crippen molar-refractivity contribution in [2.24, 2.45) is 12.1 Å². The van der Waals surface area contributed by atoms with Gasteiger partial charge in [0.1, 0.15) is 0 Å². The van der Waals surface area contributed by atoms with Crippen LogP contribution in [0.1, 0.15) is 11.4 Å². The molecule has 0 saturated heterocycles. The Morgan fingerprint density at radius 3 is 2.89 bits per heavy atom. The maximum atomic E-state index is 10.8. The number of hydrogen-bond acceptors (Lipinski definition) is 5. The molecule has 2 rings (SSSR count). The number of hydrogen-bond donors (Lipinski definition) is 1. The molecular weight excluding hydrogens is 246 g/mol. The highest BCUT2D eigenvalue weighted by atomic mass is 16.6. The summed E-state index contributed by atoms with van der Waals surface area (Å²) in [5.74, 6) is 0.120. The third-order valence-corrected chi connectivity index (χ3v) is 2.76. The number of nitrogens with one attached hydrogen (secondary N) is 1. The summed E-state index contributed by atoms with van der Waals surface area (Å²) in [5, 5.41) is 14.7. The molecule has 0 saturated carbocycles. The van der Waals surface area contributed by atoms with Crippen LogP contribution in [-0.2, 0) is 7.05 Å². The van der Waals surface area contributed by atoms with Gasteiger partial charge in [0.05, 0.1) is 16.8 Å². The van der Waals surface area contributed by atoms with Gasteiger partial charge in [0, 0.05) is 25.0 Å². The standard InChI is InChI=1S/C12H13N5O2/c1-9-5-6-10(16(9)2)8-14-15-12-11(17(18)19)4-3-7-13-12/h3-8H,1-2H3,(H,13,15)/b14-8+. The SMILES string of the molecule is Cc1ccc(/C=N/Nc2ncccc2[N+](=O)[O-])n1C. The molecule has 0 atom stereocenters. The van der Waals surface area contributed by atoms with Gasteiger partial charge in [-0.2, -0.15) is 5.10 Å². The minimum absolute atomic E-state index is 0.109. The van der Waals surface area contributed by atoms with Crippen molar-refractivity contribution in [3.8, 4) is 0 Å². The molecule has 7 nitrogen and oxygen atoms in total. The largest absolute Gasteiger partial charge is 0.347 e. The number of aromatic nitrogens is 2. The van der Waals surface area contributed by atoms with Crippen LogP contribution in [0.3, 0.4) is 0 Å². The highest BCUT2D eigenvalue weighted by Gasteiger charge is 2.12. The van der Waals surface area contributed by atoms with Crippen LogP contribution in [0.25, 0.3) is 0 Å². The van der Waals surface area contributed by atoms with Crippen LogP contribution in [0.4, 0.5) is 11.5 Å². The predicted molar refractivity (Wildman–Crippen MR) is 72.3 cm³/mol. The molecule has 0 amide bonds. The monoisotopic (exact) mass is 259 g/mol. The summed E-state index contributed by atoms with van der Waals surface area (Å²) in [4.78, 5) is 14.2. The second kappa shape index (κ2) is 5.30. The van der Waals surface area contributed by atoms with Gasteiger partial charge < -0.3 is 4.57 Å². The van der Waals surface area contributed by atoms with Gasteiger partial charge in [-0.05, 0) is 25.1 Å². The quantitative estimate of drug-likeness (QED) is 0.517. The number of hydrazone groups is 1. The highest BCUT2D eigenvalue weighted by Crippen LogP contribution is 2.19. The molecule has 98 valence electrons. The molecule has 2 heterocycles. The predicted octanol–water partition coefficient (Wildman–Crippen LogP) is 2.08. The zero-order chi connectivity index (χ0) is 13.8. The normalized spacial score (nSPS) is 10.8. The first-order chi connectivity index (χ1) is 9.09. The van der Waals surface area contributed by atoms with E-state index in [4.69, 9.17) is 0 Å². The highest BCUT2D eigenvalue weighted by molar-refractivity contribution is 5.78. The zero-order valence-corrected chi connectivity index (χ0v) is 10.6. The van der Waals surface area contributed by atoms with Crippen LogP contribution in [0.15, 0.2) is 35.6 Å². The third kappa shape index (κ3) is 2.76. The van der Waals surface area contributed by atoms with E-state index in [1.54, 1.807) is 6.21 Å². The molecule has 7 heteroatoms. The molecular formula is C12H13N5O2. The number of nitro groups is 1. The van der Waals surface area contributed by atoms with E-state index in [-0.39, 0.29) is 11.5 Å². The number of rotatable bonds is 4. The van der Waals surface area contributed by atoms with Gasteiger partial charge in [-0.25, -0.2) is 4.98 Å². The molecule has 0 radical (unpaired) electrons. The van der Waals surface area contributed by atoms with Gasteiger partial charge in [0.15, 0.2) is 0 Å². The average Bonchev–Trinajstić information content (AvgIpc) is 2.71. The molecule has 0 aliphatic rings. The van der Waals surface area contributed by atoms with Crippen LogP contribution >= 0.6 is 0 Å². The lowest BCUT2D eigenvalue weighted by Gasteiger charge is -2.01. The van der Waals surface area contributed by atoms with E-state index < -0.39 is 4.92 Å². The molecule has 1 N–H and O–H groups in total. The summed E-state index contributed by atoms with van der Waals surface area (Å²) >= 11 is 0. The Bertz CT molecular complexity index is 633. The van der Waals surface area contributed by atoms with Crippen LogP contribution in [0, 0.1) is 17.0 Å². The van der Waals surface area contributed by atoms with E-state index in [9.17, 15) is 10.1 Å². The van der Waals surface area contributed by atoms with Gasteiger partial charge in [0.25, 0.3) is 0 Å². The van der Waals surface area contributed by atoms with Crippen molar-refractivity contribution in [2.45, 2.75) is 6.92 Å². The molecule has 0 fully saturated rings. The Hall–Kier alpha value is -2.70. The first-order valence-corrected chi connectivity index (χ1v) is 5.60. The van der Waals surface area contributed by atoms with E-state index in [0.29, 0.717) is 0 Å². The Labute approximate surface area is 109 Å². The summed E-state index contributed by atoms with van der Waals surface area (Å²) in [5.41, 5.74) is 4.47. The van der Waals surface area contributed by atoms with E-state index in [0.717, 1.165) is 11.4 Å². The van der Waals surface area contributed by atoms with Gasteiger partial charge in [-0.3, -0.25) is 15.5 Å². The number of pyridine rings is 1. The first kappa shape index (κ1) is 12.7. The maximum absolute atomic E-state index is 10.8. The molecule has 0 aliphatic heterocycles. The van der Waals surface area contributed by atoms with Gasteiger partial charge >= 0.3 is 5.69 Å². The van der Waals surface area contributed by atoms with Gasteiger partial charge in [0.2, 0.25) is 5.82 Å². The molecule has 0 spiro atoms. The lowest BCUT2D eigenvalue weighted by Crippen LogP contribution is -2.01. The molecule has 0 aromatic carbocycles. The van der Waals surface area contributed by atoms with Crippen LogP contribution in [-0.4, -0.2) is 20.7 Å². The van der Waals surface area contributed by atoms with E-state index in [2.05, 4.69) is 15.5 Å². The number of anilines is 1. The van der Waals surface area contributed by atoms with Crippen molar-refractivity contribution in [3.63, 3.8) is 0 Å². The van der Waals surface area contributed by atoms with Crippen molar-refractivity contribution in [1.29, 1.82) is 0 Å².